The van der Waals surface area contributed by atoms with E-state index in [-0.39, 0.29) is 11.7 Å². The summed E-state index contributed by atoms with van der Waals surface area (Å²) in [6, 6.07) is 57.1. The third-order valence-corrected chi connectivity index (χ3v) is 15.3. The highest BCUT2D eigenvalue weighted by molar-refractivity contribution is 6.01. The summed E-state index contributed by atoms with van der Waals surface area (Å²) in [5, 5.41) is 10.4. The largest absolute Gasteiger partial charge is 0.504 e. The summed E-state index contributed by atoms with van der Waals surface area (Å²) in [6.45, 7) is 8.74. The van der Waals surface area contributed by atoms with Gasteiger partial charge in [-0.2, -0.15) is 0 Å². The lowest BCUT2D eigenvalue weighted by Gasteiger charge is -2.35. The number of likely N-dealkylation sites (tertiary alicyclic amines) is 2. The number of fused-ring (bicyclic) bond motifs is 2. The Balaban J connectivity index is 0.000000171. The third-order valence-electron chi connectivity index (χ3n) is 15.3. The van der Waals surface area contributed by atoms with Crippen LogP contribution in [0.2, 0.25) is 0 Å². The first-order chi connectivity index (χ1) is 36.0. The number of phenolic OH excluding ortho intramolecular Hbond substituents is 1. The molecule has 1 N–H and O–H groups in total. The molecule has 0 aromatic heterocycles. The lowest BCUT2D eigenvalue weighted by atomic mass is 9.69. The number of hydrogen-bond acceptors (Lipinski definition) is 8. The van der Waals surface area contributed by atoms with Crippen LogP contribution in [0, 0.1) is 0 Å². The third kappa shape index (κ3) is 11.8. The maximum Gasteiger partial charge on any atom is 0.164 e. The quantitative estimate of drug-likeness (QED) is 0.0968. The number of ether oxygens (including phenoxy) is 5. The zero-order valence-electron chi connectivity index (χ0n) is 42.6. The molecule has 376 valence electrons. The van der Waals surface area contributed by atoms with Crippen LogP contribution < -0.4 is 23.7 Å². The number of methoxy groups -OCH3 is 2. The maximum absolute atomic E-state index is 10.4. The molecule has 2 fully saturated rings. The van der Waals surface area contributed by atoms with E-state index in [0.717, 1.165) is 86.1 Å². The Bertz CT molecular complexity index is 2890. The number of benzene rings is 7. The summed E-state index contributed by atoms with van der Waals surface area (Å²) >= 11 is 0. The topological polar surface area (TPSA) is 72.9 Å². The average molecular weight is 975 g/mol. The molecule has 0 bridgehead atoms. The molecule has 2 aliphatic carbocycles. The lowest BCUT2D eigenvalue weighted by Crippen LogP contribution is -2.25. The van der Waals surface area contributed by atoms with Gasteiger partial charge in [0.05, 0.1) is 14.2 Å². The highest BCUT2D eigenvalue weighted by Crippen LogP contribution is 2.51. The van der Waals surface area contributed by atoms with Crippen LogP contribution in [0.1, 0.15) is 100 Å². The van der Waals surface area contributed by atoms with E-state index >= 15 is 0 Å². The number of hydrogen-bond donors (Lipinski definition) is 1. The van der Waals surface area contributed by atoms with Crippen LogP contribution in [-0.2, 0) is 19.4 Å². The predicted octanol–water partition coefficient (Wildman–Crippen LogP) is 13.4. The fourth-order valence-electron chi connectivity index (χ4n) is 11.6. The zero-order chi connectivity index (χ0) is 49.8. The Morgan fingerprint density at radius 1 is 0.507 bits per heavy atom. The Morgan fingerprint density at radius 2 is 1.10 bits per heavy atom. The van der Waals surface area contributed by atoms with Gasteiger partial charge in [-0.3, -0.25) is 9.80 Å². The van der Waals surface area contributed by atoms with Gasteiger partial charge in [0.25, 0.3) is 0 Å². The van der Waals surface area contributed by atoms with Crippen LogP contribution in [-0.4, -0.2) is 81.6 Å². The normalized spacial score (nSPS) is 17.5. The predicted molar refractivity (Wildman–Crippen MR) is 294 cm³/mol. The van der Waals surface area contributed by atoms with Crippen molar-refractivity contribution < 1.29 is 28.8 Å². The molecule has 0 radical (unpaired) electrons. The number of phenols is 1. The summed E-state index contributed by atoms with van der Waals surface area (Å²) in [4.78, 5) is 4.95. The Labute approximate surface area is 432 Å². The van der Waals surface area contributed by atoms with E-state index in [9.17, 15) is 5.11 Å². The summed E-state index contributed by atoms with van der Waals surface area (Å²) < 4.78 is 30.0. The maximum atomic E-state index is 10.4. The van der Waals surface area contributed by atoms with Gasteiger partial charge in [-0.05, 0) is 170 Å². The van der Waals surface area contributed by atoms with Crippen LogP contribution in [0.15, 0.2) is 164 Å². The van der Waals surface area contributed by atoms with Gasteiger partial charge in [0.15, 0.2) is 23.0 Å². The summed E-state index contributed by atoms with van der Waals surface area (Å²) in [7, 11) is 3.39. The molecule has 8 nitrogen and oxygen atoms in total. The van der Waals surface area contributed by atoms with Gasteiger partial charge >= 0.3 is 0 Å². The van der Waals surface area contributed by atoms with Crippen molar-refractivity contribution in [2.45, 2.75) is 69.8 Å². The van der Waals surface area contributed by atoms with E-state index in [4.69, 9.17) is 23.7 Å². The second-order valence-electron chi connectivity index (χ2n) is 19.7. The Kier molecular flexibility index (Phi) is 16.4. The molecular formula is C65H70N2O6. The van der Waals surface area contributed by atoms with Crippen molar-refractivity contribution in [2.75, 3.05) is 66.7 Å². The highest BCUT2D eigenvalue weighted by atomic mass is 16.5. The standard InChI is InChI=1S/C36H37NO3.C29H33NO3/c1-38-36-33-19-18-31(28-12-6-3-7-13-28)35(32(33)20-21-34(36)40-26-27-10-4-2-5-11-27)29-14-16-30(17-15-29)39-25-24-37-22-8-9-23-37;1-32-29-26-14-13-24(21-7-3-2-4-8-21)28(25(26)15-16-27(29)31)22-9-11-23(12-10-22)33-20-19-30-17-5-6-18-30/h2-7,10-17,20-21H,8-9,18-19,22-26H2,1H3;2-4,7-12,15-16,24,28,31H,5-6,13-14,17-20H2,1H3/t;24-,28+/m.1/s1. The summed E-state index contributed by atoms with van der Waals surface area (Å²) in [5.74, 6) is 4.87. The van der Waals surface area contributed by atoms with Crippen LogP contribution in [0.5, 0.6) is 34.5 Å². The number of rotatable bonds is 17. The molecule has 2 saturated heterocycles. The first kappa shape index (κ1) is 49.6. The van der Waals surface area contributed by atoms with E-state index in [1.807, 2.05) is 18.2 Å². The summed E-state index contributed by atoms with van der Waals surface area (Å²) in [5.41, 5.74) is 13.6. The Hall–Kier alpha value is -7.00. The molecule has 2 heterocycles. The Morgan fingerprint density at radius 3 is 1.71 bits per heavy atom. The smallest absolute Gasteiger partial charge is 0.164 e. The van der Waals surface area contributed by atoms with Crippen LogP contribution in [0.3, 0.4) is 0 Å². The first-order valence-electron chi connectivity index (χ1n) is 26.5. The van der Waals surface area contributed by atoms with Crippen molar-refractivity contribution in [2.24, 2.45) is 0 Å². The van der Waals surface area contributed by atoms with E-state index in [1.54, 1.807) is 20.3 Å². The molecule has 2 aliphatic heterocycles. The SMILES string of the molecule is COc1c(O)ccc2c1CC[C@H](c1ccccc1)[C@@H]2c1ccc(OCCN2CCCC2)cc1.COc1c(OCc2ccccc2)ccc2c1CCC(c1ccccc1)=C2c1ccc(OCCN2CCCC2)cc1. The van der Waals surface area contributed by atoms with Crippen molar-refractivity contribution >= 4 is 11.1 Å². The molecule has 0 spiro atoms. The molecule has 0 unspecified atom stereocenters. The van der Waals surface area contributed by atoms with Crippen LogP contribution in [0.4, 0.5) is 0 Å². The minimum absolute atomic E-state index is 0.198. The van der Waals surface area contributed by atoms with Gasteiger partial charge in [0.2, 0.25) is 0 Å². The molecule has 7 aromatic carbocycles. The fourth-order valence-corrected chi connectivity index (χ4v) is 11.6. The minimum Gasteiger partial charge on any atom is -0.504 e. The number of allylic oxidation sites excluding steroid dienone is 1. The van der Waals surface area contributed by atoms with E-state index < -0.39 is 0 Å². The van der Waals surface area contributed by atoms with E-state index in [0.29, 0.717) is 18.3 Å². The molecular weight excluding hydrogens is 905 g/mol. The van der Waals surface area contributed by atoms with Gasteiger partial charge in [0.1, 0.15) is 31.3 Å². The molecule has 4 aliphatic rings. The van der Waals surface area contributed by atoms with Crippen molar-refractivity contribution in [1.29, 1.82) is 0 Å². The second kappa shape index (κ2) is 24.1. The van der Waals surface area contributed by atoms with Crippen molar-refractivity contribution in [3.05, 3.63) is 214 Å². The van der Waals surface area contributed by atoms with Crippen molar-refractivity contribution in [1.82, 2.24) is 9.80 Å². The first-order valence-corrected chi connectivity index (χ1v) is 26.5. The van der Waals surface area contributed by atoms with Gasteiger partial charge < -0.3 is 28.8 Å². The number of aromatic hydroxyl groups is 1. The van der Waals surface area contributed by atoms with E-state index in [2.05, 4.69) is 149 Å². The summed E-state index contributed by atoms with van der Waals surface area (Å²) in [6.07, 6.45) is 8.95. The van der Waals surface area contributed by atoms with Crippen LogP contribution >= 0.6 is 0 Å². The molecule has 2 atom stereocenters. The van der Waals surface area contributed by atoms with Gasteiger partial charge in [-0.15, -0.1) is 0 Å². The number of nitrogens with zero attached hydrogens (tertiary/aromatic N) is 2. The lowest BCUT2D eigenvalue weighted by molar-refractivity contribution is 0.237. The van der Waals surface area contributed by atoms with E-state index in [1.165, 1.54) is 102 Å². The second-order valence-corrected chi connectivity index (χ2v) is 19.7. The monoisotopic (exact) mass is 975 g/mol. The molecule has 7 aromatic rings. The molecule has 0 amide bonds. The molecule has 8 heteroatoms. The zero-order valence-corrected chi connectivity index (χ0v) is 42.6. The molecule has 11 rings (SSSR count). The van der Waals surface area contributed by atoms with Gasteiger partial charge in [0, 0.05) is 30.1 Å². The molecule has 73 heavy (non-hydrogen) atoms. The van der Waals surface area contributed by atoms with Crippen molar-refractivity contribution in [3.63, 3.8) is 0 Å². The fraction of sp³-hybridized carbons (Fsp3) is 0.323. The minimum atomic E-state index is 0.198. The average Bonchev–Trinajstić information content (AvgIpc) is 4.19. The highest BCUT2D eigenvalue weighted by Gasteiger charge is 2.34. The van der Waals surface area contributed by atoms with Gasteiger partial charge in [-0.25, -0.2) is 0 Å². The van der Waals surface area contributed by atoms with Crippen LogP contribution in [0.25, 0.3) is 11.1 Å². The van der Waals surface area contributed by atoms with Gasteiger partial charge in [-0.1, -0.05) is 127 Å². The van der Waals surface area contributed by atoms with Crippen molar-refractivity contribution in [3.8, 4) is 34.5 Å². The molecule has 0 saturated carbocycles.